The molecule has 3 unspecified atom stereocenters. The first-order chi connectivity index (χ1) is 16.1. The minimum Gasteiger partial charge on any atom is -0.466 e. The van der Waals surface area contributed by atoms with Gasteiger partial charge in [-0.25, -0.2) is 9.59 Å². The molecule has 1 fully saturated rings. The summed E-state index contributed by atoms with van der Waals surface area (Å²) in [5.41, 5.74) is 1.67. The van der Waals surface area contributed by atoms with Crippen LogP contribution < -0.4 is 5.32 Å². The summed E-state index contributed by atoms with van der Waals surface area (Å²) in [7, 11) is 2.78. The smallest absolute Gasteiger partial charge is 0.336 e. The number of allylic oxidation sites excluding steroid dienone is 1. The first kappa shape index (κ1) is 26.5. The molecular formula is C24H29Cl2NO7. The molecular weight excluding hydrogens is 485 g/mol. The molecule has 34 heavy (non-hydrogen) atoms. The Morgan fingerprint density at radius 3 is 2.47 bits per heavy atom. The Morgan fingerprint density at radius 2 is 1.91 bits per heavy atom. The number of nitrogens with one attached hydrogen (secondary N) is 1. The standard InChI is InChI=1S/C24H29Cl2NO7/c1-7-32-23(29)18-17(13-9-8-10-14(25)19(13)26)16(22(28)31-6)12(2)27-20(18)21(30-5)15-11-33-24(3,4)34-15/h8-10,15,17,21,27H,7,11H2,1-6H3. The van der Waals surface area contributed by atoms with Crippen molar-refractivity contribution in [2.45, 2.75) is 51.6 Å². The molecule has 8 nitrogen and oxygen atoms in total. The van der Waals surface area contributed by atoms with Gasteiger partial charge in [0, 0.05) is 12.8 Å². The van der Waals surface area contributed by atoms with E-state index in [-0.39, 0.29) is 34.4 Å². The van der Waals surface area contributed by atoms with Crippen molar-refractivity contribution in [2.75, 3.05) is 27.4 Å². The van der Waals surface area contributed by atoms with E-state index in [2.05, 4.69) is 5.32 Å². The molecule has 2 aliphatic rings. The van der Waals surface area contributed by atoms with Crippen molar-refractivity contribution in [3.63, 3.8) is 0 Å². The Bertz CT molecular complexity index is 1030. The minimum absolute atomic E-state index is 0.121. The lowest BCUT2D eigenvalue weighted by Gasteiger charge is -2.35. The van der Waals surface area contributed by atoms with E-state index in [1.807, 2.05) is 0 Å². The lowest BCUT2D eigenvalue weighted by atomic mass is 9.79. The van der Waals surface area contributed by atoms with Gasteiger partial charge in [0.15, 0.2) is 5.79 Å². The third-order valence-corrected chi connectivity index (χ3v) is 6.53. The van der Waals surface area contributed by atoms with Gasteiger partial charge in [0.05, 0.1) is 53.1 Å². The molecule has 3 atom stereocenters. The summed E-state index contributed by atoms with van der Waals surface area (Å²) in [6, 6.07) is 5.03. The predicted octanol–water partition coefficient (Wildman–Crippen LogP) is 4.11. The van der Waals surface area contributed by atoms with Gasteiger partial charge in [-0.05, 0) is 39.3 Å². The van der Waals surface area contributed by atoms with E-state index in [1.54, 1.807) is 45.9 Å². The van der Waals surface area contributed by atoms with Crippen molar-refractivity contribution >= 4 is 35.1 Å². The second-order valence-corrected chi connectivity index (χ2v) is 9.09. The van der Waals surface area contributed by atoms with Crippen LogP contribution in [0.1, 0.15) is 39.2 Å². The number of carbonyl (C=O) groups excluding carboxylic acids is 2. The number of dihydropyridines is 1. The van der Waals surface area contributed by atoms with Crippen molar-refractivity contribution in [1.29, 1.82) is 0 Å². The van der Waals surface area contributed by atoms with Crippen LogP contribution in [-0.2, 0) is 33.3 Å². The average Bonchev–Trinajstić information content (AvgIpc) is 3.14. The number of hydrogen-bond donors (Lipinski definition) is 1. The number of halogens is 2. The molecule has 0 aliphatic carbocycles. The maximum absolute atomic E-state index is 13.4. The second-order valence-electron chi connectivity index (χ2n) is 8.30. The lowest BCUT2D eigenvalue weighted by molar-refractivity contribution is -0.150. The highest BCUT2D eigenvalue weighted by Gasteiger charge is 2.46. The quantitative estimate of drug-likeness (QED) is 0.544. The van der Waals surface area contributed by atoms with Crippen molar-refractivity contribution in [1.82, 2.24) is 5.32 Å². The summed E-state index contributed by atoms with van der Waals surface area (Å²) in [5, 5.41) is 3.67. The largest absolute Gasteiger partial charge is 0.466 e. The Balaban J connectivity index is 2.29. The van der Waals surface area contributed by atoms with Gasteiger partial charge in [-0.15, -0.1) is 0 Å². The molecule has 1 N–H and O–H groups in total. The zero-order valence-corrected chi connectivity index (χ0v) is 21.5. The molecule has 10 heteroatoms. The van der Waals surface area contributed by atoms with Gasteiger partial charge >= 0.3 is 11.9 Å². The molecule has 186 valence electrons. The van der Waals surface area contributed by atoms with Crippen LogP contribution in [0.2, 0.25) is 10.0 Å². The van der Waals surface area contributed by atoms with Crippen LogP contribution >= 0.6 is 23.2 Å². The van der Waals surface area contributed by atoms with Crippen LogP contribution in [0.15, 0.2) is 40.7 Å². The maximum Gasteiger partial charge on any atom is 0.336 e. The summed E-state index contributed by atoms with van der Waals surface area (Å²) < 4.78 is 28.0. The minimum atomic E-state index is -0.929. The van der Waals surface area contributed by atoms with Gasteiger partial charge in [0.2, 0.25) is 0 Å². The van der Waals surface area contributed by atoms with Gasteiger partial charge in [-0.3, -0.25) is 0 Å². The number of hydrogen-bond acceptors (Lipinski definition) is 8. The Morgan fingerprint density at radius 1 is 1.21 bits per heavy atom. The molecule has 0 saturated carbocycles. The van der Waals surface area contributed by atoms with Crippen LogP contribution in [0, 0.1) is 0 Å². The second kappa shape index (κ2) is 10.7. The highest BCUT2D eigenvalue weighted by Crippen LogP contribution is 2.45. The SMILES string of the molecule is CCOC(=O)C1=C(C(OC)C2COC(C)(C)O2)NC(C)=C(C(=O)OC)C1c1cccc(Cl)c1Cl. The number of methoxy groups -OCH3 is 2. The molecule has 2 heterocycles. The van der Waals surface area contributed by atoms with Gasteiger partial charge in [-0.2, -0.15) is 0 Å². The Hall–Kier alpha value is -2.10. The van der Waals surface area contributed by atoms with E-state index in [9.17, 15) is 9.59 Å². The third-order valence-electron chi connectivity index (χ3n) is 5.69. The monoisotopic (exact) mass is 513 g/mol. The summed E-state index contributed by atoms with van der Waals surface area (Å²) in [6.45, 7) is 7.36. The highest BCUT2D eigenvalue weighted by atomic mass is 35.5. The average molecular weight is 514 g/mol. The van der Waals surface area contributed by atoms with Crippen molar-refractivity contribution in [3.05, 3.63) is 56.3 Å². The van der Waals surface area contributed by atoms with Crippen LogP contribution in [-0.4, -0.2) is 57.4 Å². The van der Waals surface area contributed by atoms with Crippen LogP contribution in [0.3, 0.4) is 0 Å². The van der Waals surface area contributed by atoms with E-state index in [1.165, 1.54) is 14.2 Å². The van der Waals surface area contributed by atoms with E-state index >= 15 is 0 Å². The number of ether oxygens (including phenoxy) is 5. The summed E-state index contributed by atoms with van der Waals surface area (Å²) in [5.74, 6) is -3.01. The van der Waals surface area contributed by atoms with Crippen LogP contribution in [0.4, 0.5) is 0 Å². The first-order valence-corrected chi connectivity index (χ1v) is 11.6. The van der Waals surface area contributed by atoms with Crippen LogP contribution in [0.25, 0.3) is 0 Å². The van der Waals surface area contributed by atoms with Gasteiger partial charge in [0.1, 0.15) is 12.2 Å². The maximum atomic E-state index is 13.4. The molecule has 0 amide bonds. The van der Waals surface area contributed by atoms with Crippen LogP contribution in [0.5, 0.6) is 0 Å². The molecule has 2 aliphatic heterocycles. The molecule has 0 spiro atoms. The van der Waals surface area contributed by atoms with E-state index in [0.717, 1.165) is 0 Å². The molecule has 0 bridgehead atoms. The molecule has 0 radical (unpaired) electrons. The molecule has 1 saturated heterocycles. The molecule has 3 rings (SSSR count). The fourth-order valence-corrected chi connectivity index (χ4v) is 4.69. The fraction of sp³-hybridized carbons (Fsp3) is 0.500. The summed E-state index contributed by atoms with van der Waals surface area (Å²) in [4.78, 5) is 26.3. The van der Waals surface area contributed by atoms with Crippen molar-refractivity contribution in [3.8, 4) is 0 Å². The third kappa shape index (κ3) is 5.11. The fourth-order valence-electron chi connectivity index (χ4n) is 4.27. The predicted molar refractivity (Wildman–Crippen MR) is 126 cm³/mol. The van der Waals surface area contributed by atoms with E-state index < -0.39 is 35.9 Å². The molecule has 1 aromatic rings. The normalized spacial score (nSPS) is 22.9. The van der Waals surface area contributed by atoms with E-state index in [0.29, 0.717) is 17.0 Å². The van der Waals surface area contributed by atoms with Crippen molar-refractivity contribution in [2.24, 2.45) is 0 Å². The first-order valence-electron chi connectivity index (χ1n) is 10.8. The van der Waals surface area contributed by atoms with Gasteiger partial charge in [0.25, 0.3) is 0 Å². The van der Waals surface area contributed by atoms with Crippen molar-refractivity contribution < 1.29 is 33.3 Å². The van der Waals surface area contributed by atoms with Gasteiger partial charge in [-0.1, -0.05) is 35.3 Å². The number of esters is 2. The topological polar surface area (TPSA) is 92.3 Å². The number of benzene rings is 1. The van der Waals surface area contributed by atoms with E-state index in [4.69, 9.17) is 46.9 Å². The molecule has 0 aromatic heterocycles. The number of carbonyl (C=O) groups is 2. The Labute approximate surface area is 209 Å². The lowest BCUT2D eigenvalue weighted by Crippen LogP contribution is -2.43. The van der Waals surface area contributed by atoms with Gasteiger partial charge < -0.3 is 29.0 Å². The summed E-state index contributed by atoms with van der Waals surface area (Å²) >= 11 is 12.9. The summed E-state index contributed by atoms with van der Waals surface area (Å²) in [6.07, 6.45) is -1.27. The highest BCUT2D eigenvalue weighted by molar-refractivity contribution is 6.42. The molecule has 1 aromatic carbocycles. The number of rotatable bonds is 7. The Kier molecular flexibility index (Phi) is 8.31. The zero-order chi connectivity index (χ0) is 25.2. The zero-order valence-electron chi connectivity index (χ0n) is 20.0.